The molecule has 0 aliphatic heterocycles. The van der Waals surface area contributed by atoms with Gasteiger partial charge in [-0.1, -0.05) is 13.0 Å². The van der Waals surface area contributed by atoms with Gasteiger partial charge in [-0.15, -0.1) is 0 Å². The minimum Gasteiger partial charge on any atom is -0.299 e. The van der Waals surface area contributed by atoms with Gasteiger partial charge in [-0.05, 0) is 40.6 Å². The predicted molar refractivity (Wildman–Crippen MR) is 61.6 cm³/mol. The van der Waals surface area contributed by atoms with E-state index in [9.17, 15) is 9.59 Å². The summed E-state index contributed by atoms with van der Waals surface area (Å²) in [6.45, 7) is 2.10. The molecular weight excluding hydrogens is 256 g/mol. The molecule has 2 rings (SSSR count). The average molecular weight is 271 g/mol. The summed E-state index contributed by atoms with van der Waals surface area (Å²) >= 11 is 3.27. The second kappa shape index (κ2) is 4.20. The summed E-state index contributed by atoms with van der Waals surface area (Å²) in [5, 5.41) is 0. The lowest BCUT2D eigenvalue weighted by atomic mass is 9.71. The van der Waals surface area contributed by atoms with Crippen LogP contribution in [-0.4, -0.2) is 11.6 Å². The number of carbonyl (C=O) groups excluding carboxylic acids is 2. The average Bonchev–Trinajstić information content (AvgIpc) is 2.27. The maximum absolute atomic E-state index is 11.8. The lowest BCUT2D eigenvalue weighted by molar-refractivity contribution is -0.128. The maximum atomic E-state index is 11.8. The molecule has 0 radical (unpaired) electrons. The number of halogens is 1. The summed E-state index contributed by atoms with van der Waals surface area (Å²) in [6.07, 6.45) is 4.87. The Hall–Kier alpha value is -0.440. The SMILES string of the molecule is C[C@H]1CC(=O)[C@@H]2CC=C(Br)C(=O)C[C@@H]2C1. The zero-order valence-electron chi connectivity index (χ0n) is 8.83. The van der Waals surface area contributed by atoms with Crippen LogP contribution in [0.1, 0.15) is 32.6 Å². The number of carbonyl (C=O) groups is 2. The van der Waals surface area contributed by atoms with Crippen LogP contribution in [0.2, 0.25) is 0 Å². The number of hydrogen-bond acceptors (Lipinski definition) is 2. The molecule has 0 aromatic heterocycles. The molecular formula is C12H15BrO2. The van der Waals surface area contributed by atoms with Crippen LogP contribution < -0.4 is 0 Å². The third kappa shape index (κ3) is 2.22. The lowest BCUT2D eigenvalue weighted by Gasteiger charge is -2.31. The third-order valence-corrected chi connectivity index (χ3v) is 4.27. The Bertz CT molecular complexity index is 333. The first-order valence-electron chi connectivity index (χ1n) is 5.49. The van der Waals surface area contributed by atoms with Crippen LogP contribution in [0.3, 0.4) is 0 Å². The maximum Gasteiger partial charge on any atom is 0.169 e. The molecule has 0 N–H and O–H groups in total. The Labute approximate surface area is 98.2 Å². The van der Waals surface area contributed by atoms with Crippen LogP contribution in [0, 0.1) is 17.8 Å². The van der Waals surface area contributed by atoms with Gasteiger partial charge in [-0.25, -0.2) is 0 Å². The van der Waals surface area contributed by atoms with Crippen molar-refractivity contribution in [2.75, 3.05) is 0 Å². The van der Waals surface area contributed by atoms with Gasteiger partial charge in [0, 0.05) is 18.8 Å². The van der Waals surface area contributed by atoms with Crippen molar-refractivity contribution in [3.05, 3.63) is 10.6 Å². The first-order chi connectivity index (χ1) is 7.08. The number of allylic oxidation sites excluding steroid dienone is 2. The molecule has 1 fully saturated rings. The highest BCUT2D eigenvalue weighted by atomic mass is 79.9. The topological polar surface area (TPSA) is 34.1 Å². The van der Waals surface area contributed by atoms with Gasteiger partial charge in [-0.2, -0.15) is 0 Å². The van der Waals surface area contributed by atoms with E-state index in [4.69, 9.17) is 0 Å². The van der Waals surface area contributed by atoms with E-state index in [1.54, 1.807) is 0 Å². The fourth-order valence-corrected chi connectivity index (χ4v) is 3.10. The van der Waals surface area contributed by atoms with Crippen molar-refractivity contribution in [1.82, 2.24) is 0 Å². The van der Waals surface area contributed by atoms with Crippen LogP contribution >= 0.6 is 15.9 Å². The number of hydrogen-bond donors (Lipinski definition) is 0. The molecule has 0 spiro atoms. The fourth-order valence-electron chi connectivity index (χ4n) is 2.75. The van der Waals surface area contributed by atoms with Gasteiger partial charge < -0.3 is 0 Å². The lowest BCUT2D eigenvalue weighted by Crippen LogP contribution is -2.32. The molecule has 2 aliphatic carbocycles. The molecule has 2 nitrogen and oxygen atoms in total. The van der Waals surface area contributed by atoms with Gasteiger partial charge in [0.25, 0.3) is 0 Å². The Morgan fingerprint density at radius 3 is 2.80 bits per heavy atom. The minimum atomic E-state index is 0.0974. The van der Waals surface area contributed by atoms with E-state index in [1.165, 1.54) is 0 Å². The van der Waals surface area contributed by atoms with E-state index >= 15 is 0 Å². The molecule has 0 amide bonds. The molecule has 82 valence electrons. The van der Waals surface area contributed by atoms with Crippen LogP contribution in [0.5, 0.6) is 0 Å². The molecule has 1 saturated carbocycles. The Kier molecular flexibility index (Phi) is 3.10. The van der Waals surface area contributed by atoms with Crippen LogP contribution in [0.15, 0.2) is 10.6 Å². The smallest absolute Gasteiger partial charge is 0.169 e. The Balaban J connectivity index is 2.21. The van der Waals surface area contributed by atoms with E-state index in [0.717, 1.165) is 12.8 Å². The van der Waals surface area contributed by atoms with Crippen molar-refractivity contribution in [2.24, 2.45) is 17.8 Å². The summed E-state index contributed by atoms with van der Waals surface area (Å²) < 4.78 is 0.664. The number of Topliss-reactive ketones (excluding diaryl/α,β-unsaturated/α-hetero) is 2. The Morgan fingerprint density at radius 1 is 1.33 bits per heavy atom. The number of fused-ring (bicyclic) bond motifs is 1. The molecule has 2 aliphatic rings. The molecule has 0 bridgehead atoms. The van der Waals surface area contributed by atoms with Gasteiger partial charge >= 0.3 is 0 Å². The normalized spacial score (nSPS) is 36.9. The molecule has 0 unspecified atom stereocenters. The van der Waals surface area contributed by atoms with E-state index in [0.29, 0.717) is 29.0 Å². The summed E-state index contributed by atoms with van der Waals surface area (Å²) in [5.41, 5.74) is 0. The largest absolute Gasteiger partial charge is 0.299 e. The summed E-state index contributed by atoms with van der Waals surface area (Å²) in [7, 11) is 0. The highest BCUT2D eigenvalue weighted by Gasteiger charge is 2.37. The van der Waals surface area contributed by atoms with Crippen molar-refractivity contribution < 1.29 is 9.59 Å². The number of ketones is 2. The van der Waals surface area contributed by atoms with Gasteiger partial charge in [-0.3, -0.25) is 9.59 Å². The zero-order chi connectivity index (χ0) is 11.0. The van der Waals surface area contributed by atoms with Gasteiger partial charge in [0.1, 0.15) is 5.78 Å². The molecule has 0 aromatic rings. The van der Waals surface area contributed by atoms with Crippen LogP contribution in [0.4, 0.5) is 0 Å². The van der Waals surface area contributed by atoms with Crippen molar-refractivity contribution in [3.63, 3.8) is 0 Å². The fraction of sp³-hybridized carbons (Fsp3) is 0.667. The van der Waals surface area contributed by atoms with Crippen molar-refractivity contribution in [1.29, 1.82) is 0 Å². The van der Waals surface area contributed by atoms with Crippen molar-refractivity contribution in [2.45, 2.75) is 32.6 Å². The van der Waals surface area contributed by atoms with E-state index < -0.39 is 0 Å². The predicted octanol–water partition coefficient (Wildman–Crippen LogP) is 2.86. The summed E-state index contributed by atoms with van der Waals surface area (Å²) in [4.78, 5) is 23.5. The van der Waals surface area contributed by atoms with E-state index in [1.807, 2.05) is 6.08 Å². The molecule has 15 heavy (non-hydrogen) atoms. The second-order valence-corrected chi connectivity index (χ2v) is 5.65. The van der Waals surface area contributed by atoms with Crippen LogP contribution in [0.25, 0.3) is 0 Å². The molecule has 0 saturated heterocycles. The van der Waals surface area contributed by atoms with Crippen molar-refractivity contribution in [3.8, 4) is 0 Å². The van der Waals surface area contributed by atoms with E-state index in [-0.39, 0.29) is 17.6 Å². The first-order valence-corrected chi connectivity index (χ1v) is 6.28. The van der Waals surface area contributed by atoms with E-state index in [2.05, 4.69) is 22.9 Å². The molecule has 3 atom stereocenters. The van der Waals surface area contributed by atoms with Gasteiger partial charge in [0.05, 0.1) is 4.48 Å². The summed E-state index contributed by atoms with van der Waals surface area (Å²) in [6, 6.07) is 0. The first kappa shape index (κ1) is 11.1. The van der Waals surface area contributed by atoms with Crippen molar-refractivity contribution >= 4 is 27.5 Å². The molecule has 0 heterocycles. The molecule has 0 aromatic carbocycles. The zero-order valence-corrected chi connectivity index (χ0v) is 10.4. The standard InChI is InChI=1S/C12H15BrO2/c1-7-4-8-6-12(15)10(13)3-2-9(8)11(14)5-7/h3,7-9H,2,4-6H2,1H3/t7-,8+,9-/m1/s1. The van der Waals surface area contributed by atoms with Gasteiger partial charge in [0.2, 0.25) is 0 Å². The van der Waals surface area contributed by atoms with Crippen LogP contribution in [-0.2, 0) is 9.59 Å². The minimum absolute atomic E-state index is 0.0974. The van der Waals surface area contributed by atoms with Gasteiger partial charge in [0.15, 0.2) is 5.78 Å². The number of rotatable bonds is 0. The monoisotopic (exact) mass is 270 g/mol. The highest BCUT2D eigenvalue weighted by molar-refractivity contribution is 9.12. The third-order valence-electron chi connectivity index (χ3n) is 3.50. The summed E-state index contributed by atoms with van der Waals surface area (Å²) in [5.74, 6) is 1.33. The Morgan fingerprint density at radius 2 is 2.07 bits per heavy atom. The second-order valence-electron chi connectivity index (χ2n) is 4.79. The molecule has 3 heteroatoms. The quantitative estimate of drug-likeness (QED) is 0.679. The highest BCUT2D eigenvalue weighted by Crippen LogP contribution is 2.38.